The summed E-state index contributed by atoms with van der Waals surface area (Å²) in [5.74, 6) is 0.639. The van der Waals surface area contributed by atoms with Crippen LogP contribution in [0, 0.1) is 13.8 Å². The van der Waals surface area contributed by atoms with Gasteiger partial charge in [-0.05, 0) is 44.7 Å². The topological polar surface area (TPSA) is 4.93 Å². The molecule has 0 saturated carbocycles. The van der Waals surface area contributed by atoms with Crippen LogP contribution in [-0.2, 0) is 0 Å². The van der Waals surface area contributed by atoms with Gasteiger partial charge in [-0.2, -0.15) is 0 Å². The molecule has 1 rings (SSSR count). The molecular formula is C12H21N. The Labute approximate surface area is 81.8 Å². The van der Waals surface area contributed by atoms with Gasteiger partial charge in [0.25, 0.3) is 0 Å². The first kappa shape index (κ1) is 10.4. The number of nitrogens with zero attached hydrogens (tertiary/aromatic N) is 1. The normalized spacial score (nSPS) is 11.7. The third kappa shape index (κ3) is 1.79. The highest BCUT2D eigenvalue weighted by Gasteiger charge is 2.13. The number of aryl methyl sites for hydroxylation is 1. The summed E-state index contributed by atoms with van der Waals surface area (Å²) in [6.07, 6.45) is 2.27. The van der Waals surface area contributed by atoms with E-state index in [0.29, 0.717) is 12.0 Å². The zero-order valence-corrected chi connectivity index (χ0v) is 9.68. The van der Waals surface area contributed by atoms with Crippen molar-refractivity contribution in [1.29, 1.82) is 0 Å². The number of hydrogen-bond donors (Lipinski definition) is 0. The maximum absolute atomic E-state index is 2.37. The maximum Gasteiger partial charge on any atom is 0.0276 e. The van der Waals surface area contributed by atoms with Crippen LogP contribution in [0.4, 0.5) is 0 Å². The third-order valence-corrected chi connectivity index (χ3v) is 2.67. The van der Waals surface area contributed by atoms with Crippen molar-refractivity contribution in [3.8, 4) is 0 Å². The van der Waals surface area contributed by atoms with E-state index >= 15 is 0 Å². The van der Waals surface area contributed by atoms with Crippen LogP contribution in [0.5, 0.6) is 0 Å². The molecule has 0 radical (unpaired) electrons. The predicted molar refractivity (Wildman–Crippen MR) is 58.4 cm³/mol. The van der Waals surface area contributed by atoms with E-state index < -0.39 is 0 Å². The molecule has 1 aromatic rings. The minimum Gasteiger partial charge on any atom is -0.349 e. The average molecular weight is 179 g/mol. The molecule has 0 unspecified atom stereocenters. The van der Waals surface area contributed by atoms with Gasteiger partial charge in [0.1, 0.15) is 0 Å². The van der Waals surface area contributed by atoms with Crippen molar-refractivity contribution in [3.05, 3.63) is 23.0 Å². The van der Waals surface area contributed by atoms with Gasteiger partial charge in [-0.25, -0.2) is 0 Å². The molecule has 1 aromatic heterocycles. The first-order valence-corrected chi connectivity index (χ1v) is 5.13. The fraction of sp³-hybridized carbons (Fsp3) is 0.667. The summed E-state index contributed by atoms with van der Waals surface area (Å²) in [4.78, 5) is 0. The molecule has 0 aliphatic heterocycles. The minimum atomic E-state index is 0.575. The van der Waals surface area contributed by atoms with E-state index in [1.165, 1.54) is 16.8 Å². The molecule has 1 heteroatoms. The number of rotatable bonds is 2. The first-order chi connectivity index (χ1) is 5.95. The van der Waals surface area contributed by atoms with E-state index in [-0.39, 0.29) is 0 Å². The molecule has 0 atom stereocenters. The second-order valence-electron chi connectivity index (χ2n) is 4.47. The maximum atomic E-state index is 2.37. The predicted octanol–water partition coefficient (Wildman–Crippen LogP) is 3.81. The molecule has 74 valence electrons. The molecule has 0 bridgehead atoms. The van der Waals surface area contributed by atoms with Gasteiger partial charge in [-0.3, -0.25) is 0 Å². The van der Waals surface area contributed by atoms with Crippen LogP contribution in [0.2, 0.25) is 0 Å². The van der Waals surface area contributed by atoms with Gasteiger partial charge in [0.05, 0.1) is 0 Å². The van der Waals surface area contributed by atoms with Gasteiger partial charge in [0, 0.05) is 17.9 Å². The van der Waals surface area contributed by atoms with Gasteiger partial charge >= 0.3 is 0 Å². The summed E-state index contributed by atoms with van der Waals surface area (Å²) in [7, 11) is 0. The molecule has 1 heterocycles. The molecule has 13 heavy (non-hydrogen) atoms. The summed E-state index contributed by atoms with van der Waals surface area (Å²) in [5.41, 5.74) is 4.39. The smallest absolute Gasteiger partial charge is 0.0276 e. The lowest BCUT2D eigenvalue weighted by Gasteiger charge is -2.12. The molecule has 0 fully saturated rings. The van der Waals surface area contributed by atoms with Crippen molar-refractivity contribution in [1.82, 2.24) is 4.57 Å². The van der Waals surface area contributed by atoms with Crippen LogP contribution in [0.15, 0.2) is 6.20 Å². The van der Waals surface area contributed by atoms with Gasteiger partial charge in [-0.15, -0.1) is 0 Å². The summed E-state index contributed by atoms with van der Waals surface area (Å²) in [6.45, 7) is 13.4. The molecule has 0 aromatic carbocycles. The van der Waals surface area contributed by atoms with Crippen LogP contribution in [0.25, 0.3) is 0 Å². The van der Waals surface area contributed by atoms with Gasteiger partial charge in [0.15, 0.2) is 0 Å². The van der Waals surface area contributed by atoms with Crippen molar-refractivity contribution in [2.24, 2.45) is 0 Å². The van der Waals surface area contributed by atoms with E-state index in [4.69, 9.17) is 0 Å². The van der Waals surface area contributed by atoms with Gasteiger partial charge < -0.3 is 4.57 Å². The SMILES string of the molecule is Cc1cn(C(C)C)c(C)c1C(C)C. The lowest BCUT2D eigenvalue weighted by molar-refractivity contribution is 0.585. The summed E-state index contributed by atoms with van der Waals surface area (Å²) >= 11 is 0. The van der Waals surface area contributed by atoms with Gasteiger partial charge in [0.2, 0.25) is 0 Å². The average Bonchev–Trinajstić information content (AvgIpc) is 2.26. The molecule has 0 saturated heterocycles. The van der Waals surface area contributed by atoms with Crippen LogP contribution >= 0.6 is 0 Å². The lowest BCUT2D eigenvalue weighted by Crippen LogP contribution is -2.02. The van der Waals surface area contributed by atoms with Crippen molar-refractivity contribution in [2.45, 2.75) is 53.5 Å². The zero-order valence-electron chi connectivity index (χ0n) is 9.68. The largest absolute Gasteiger partial charge is 0.349 e. The van der Waals surface area contributed by atoms with Gasteiger partial charge in [-0.1, -0.05) is 13.8 Å². The monoisotopic (exact) mass is 179 g/mol. The zero-order chi connectivity index (χ0) is 10.2. The second-order valence-corrected chi connectivity index (χ2v) is 4.47. The Morgan fingerprint density at radius 1 is 1.08 bits per heavy atom. The molecular weight excluding hydrogens is 158 g/mol. The van der Waals surface area contributed by atoms with E-state index in [9.17, 15) is 0 Å². The molecule has 0 aliphatic carbocycles. The standard InChI is InChI=1S/C12H21N/c1-8(2)12-10(5)7-13(9(3)4)11(12)6/h7-9H,1-6H3. The highest BCUT2D eigenvalue weighted by Crippen LogP contribution is 2.26. The highest BCUT2D eigenvalue weighted by atomic mass is 15.0. The Balaban J connectivity index is 3.22. The summed E-state index contributed by atoms with van der Waals surface area (Å²) in [6, 6.07) is 0.575. The van der Waals surface area contributed by atoms with E-state index in [0.717, 1.165) is 0 Å². The van der Waals surface area contributed by atoms with E-state index in [2.05, 4.69) is 52.3 Å². The van der Waals surface area contributed by atoms with Crippen molar-refractivity contribution >= 4 is 0 Å². The Morgan fingerprint density at radius 3 is 1.85 bits per heavy atom. The lowest BCUT2D eigenvalue weighted by atomic mass is 10.0. The Hall–Kier alpha value is -0.720. The molecule has 0 aliphatic rings. The summed E-state index contributed by atoms with van der Waals surface area (Å²) in [5, 5.41) is 0. The second kappa shape index (κ2) is 3.57. The van der Waals surface area contributed by atoms with Crippen molar-refractivity contribution in [3.63, 3.8) is 0 Å². The van der Waals surface area contributed by atoms with E-state index in [1.54, 1.807) is 0 Å². The van der Waals surface area contributed by atoms with E-state index in [1.807, 2.05) is 0 Å². The molecule has 1 nitrogen and oxygen atoms in total. The Kier molecular flexibility index (Phi) is 2.84. The van der Waals surface area contributed by atoms with Crippen LogP contribution < -0.4 is 0 Å². The third-order valence-electron chi connectivity index (χ3n) is 2.67. The summed E-state index contributed by atoms with van der Waals surface area (Å²) < 4.78 is 2.37. The quantitative estimate of drug-likeness (QED) is 0.650. The fourth-order valence-electron chi connectivity index (χ4n) is 2.21. The fourth-order valence-corrected chi connectivity index (χ4v) is 2.21. The minimum absolute atomic E-state index is 0.575. The first-order valence-electron chi connectivity index (χ1n) is 5.13. The Morgan fingerprint density at radius 2 is 1.62 bits per heavy atom. The molecule has 0 N–H and O–H groups in total. The van der Waals surface area contributed by atoms with Crippen LogP contribution in [-0.4, -0.2) is 4.57 Å². The van der Waals surface area contributed by atoms with Crippen LogP contribution in [0.1, 0.15) is 56.5 Å². The van der Waals surface area contributed by atoms with Crippen LogP contribution in [0.3, 0.4) is 0 Å². The Bertz CT molecular complexity index is 292. The van der Waals surface area contributed by atoms with Crippen molar-refractivity contribution < 1.29 is 0 Å². The highest BCUT2D eigenvalue weighted by molar-refractivity contribution is 5.33. The van der Waals surface area contributed by atoms with Crippen molar-refractivity contribution in [2.75, 3.05) is 0 Å². The number of aromatic nitrogens is 1. The molecule has 0 amide bonds. The number of hydrogen-bond acceptors (Lipinski definition) is 0. The molecule has 0 spiro atoms.